The van der Waals surface area contributed by atoms with Crippen LogP contribution in [0, 0.1) is 6.92 Å². The van der Waals surface area contributed by atoms with Crippen LogP contribution in [0.1, 0.15) is 11.1 Å². The molecule has 1 atom stereocenters. The highest BCUT2D eigenvalue weighted by Crippen LogP contribution is 2.34. The molecule has 1 saturated heterocycles. The molecule has 1 aromatic carbocycles. The lowest BCUT2D eigenvalue weighted by Crippen LogP contribution is -2.48. The van der Waals surface area contributed by atoms with E-state index in [0.29, 0.717) is 13.2 Å². The number of ether oxygens (including phenoxy) is 1. The van der Waals surface area contributed by atoms with Crippen molar-refractivity contribution in [2.24, 2.45) is 0 Å². The maximum Gasteiger partial charge on any atom is 0.416 e. The van der Waals surface area contributed by atoms with Crippen LogP contribution in [-0.2, 0) is 15.7 Å². The minimum atomic E-state index is -4.43. The van der Waals surface area contributed by atoms with Crippen molar-refractivity contribution in [3.05, 3.63) is 29.3 Å². The number of nitrogens with one attached hydrogen (secondary N) is 2. The molecule has 0 radical (unpaired) electrons. The van der Waals surface area contributed by atoms with E-state index in [0.717, 1.165) is 6.07 Å². The third-order valence-electron chi connectivity index (χ3n) is 3.14. The van der Waals surface area contributed by atoms with Crippen molar-refractivity contribution >= 4 is 11.6 Å². The summed E-state index contributed by atoms with van der Waals surface area (Å²) in [4.78, 5) is 11.9. The van der Waals surface area contributed by atoms with E-state index in [1.54, 1.807) is 0 Å². The van der Waals surface area contributed by atoms with E-state index in [2.05, 4.69) is 10.6 Å². The second-order valence-electron chi connectivity index (χ2n) is 4.55. The van der Waals surface area contributed by atoms with E-state index in [9.17, 15) is 18.0 Å². The van der Waals surface area contributed by atoms with Crippen molar-refractivity contribution in [2.45, 2.75) is 19.1 Å². The number of morpholine rings is 1. The summed E-state index contributed by atoms with van der Waals surface area (Å²) < 4.78 is 43.5. The Bertz CT molecular complexity index is 497. The smallest absolute Gasteiger partial charge is 0.378 e. The zero-order chi connectivity index (χ0) is 14.8. The second-order valence-corrected chi connectivity index (χ2v) is 4.55. The predicted molar refractivity (Wildman–Crippen MR) is 67.4 cm³/mol. The summed E-state index contributed by atoms with van der Waals surface area (Å²) in [5.41, 5.74) is -0.578. The number of halogens is 3. The largest absolute Gasteiger partial charge is 0.416 e. The summed E-state index contributed by atoms with van der Waals surface area (Å²) in [5, 5.41) is 5.46. The summed E-state index contributed by atoms with van der Waals surface area (Å²) in [6.45, 7) is 2.61. The molecule has 2 N–H and O–H groups in total. The maximum atomic E-state index is 12.8. The lowest BCUT2D eigenvalue weighted by Gasteiger charge is -2.23. The van der Waals surface area contributed by atoms with E-state index in [1.165, 1.54) is 19.1 Å². The highest BCUT2D eigenvalue weighted by atomic mass is 19.4. The molecule has 2 rings (SSSR count). The van der Waals surface area contributed by atoms with Gasteiger partial charge in [-0.3, -0.25) is 4.79 Å². The first-order chi connectivity index (χ1) is 9.39. The maximum absolute atomic E-state index is 12.8. The summed E-state index contributed by atoms with van der Waals surface area (Å²) in [6.07, 6.45) is -4.43. The van der Waals surface area contributed by atoms with Crippen LogP contribution >= 0.6 is 0 Å². The highest BCUT2D eigenvalue weighted by molar-refractivity contribution is 5.95. The fraction of sp³-hybridized carbons (Fsp3) is 0.462. The van der Waals surface area contributed by atoms with Crippen molar-refractivity contribution in [2.75, 3.05) is 25.1 Å². The zero-order valence-electron chi connectivity index (χ0n) is 10.9. The SMILES string of the molecule is Cc1c(NC(=O)C2COCCN2)cccc1C(F)(F)F. The minimum absolute atomic E-state index is 0.00470. The van der Waals surface area contributed by atoms with Crippen molar-refractivity contribution in [1.29, 1.82) is 0 Å². The fourth-order valence-corrected chi connectivity index (χ4v) is 2.03. The van der Waals surface area contributed by atoms with Gasteiger partial charge in [-0.25, -0.2) is 0 Å². The molecule has 7 heteroatoms. The molecule has 110 valence electrons. The Kier molecular flexibility index (Phi) is 4.29. The van der Waals surface area contributed by atoms with Crippen molar-refractivity contribution in [3.8, 4) is 0 Å². The molecule has 1 fully saturated rings. The predicted octanol–water partition coefficient (Wildman–Crippen LogP) is 1.94. The molecule has 0 aromatic heterocycles. The van der Waals surface area contributed by atoms with Crippen LogP contribution in [0.2, 0.25) is 0 Å². The van der Waals surface area contributed by atoms with Crippen LogP contribution in [0.5, 0.6) is 0 Å². The van der Waals surface area contributed by atoms with E-state index in [1.807, 2.05) is 0 Å². The molecular formula is C13H15F3N2O2. The number of hydrogen-bond acceptors (Lipinski definition) is 3. The van der Waals surface area contributed by atoms with E-state index >= 15 is 0 Å². The van der Waals surface area contributed by atoms with Crippen LogP contribution in [0.15, 0.2) is 18.2 Å². The Labute approximate surface area is 114 Å². The van der Waals surface area contributed by atoms with Gasteiger partial charge in [0.15, 0.2) is 0 Å². The Morgan fingerprint density at radius 1 is 1.45 bits per heavy atom. The Hall–Kier alpha value is -1.60. The van der Waals surface area contributed by atoms with Crippen LogP contribution in [-0.4, -0.2) is 31.7 Å². The van der Waals surface area contributed by atoms with Crippen molar-refractivity contribution < 1.29 is 22.7 Å². The summed E-state index contributed by atoms with van der Waals surface area (Å²) >= 11 is 0. The number of carbonyl (C=O) groups is 1. The average Bonchev–Trinajstić information content (AvgIpc) is 2.40. The van der Waals surface area contributed by atoms with Gasteiger partial charge < -0.3 is 15.4 Å². The lowest BCUT2D eigenvalue weighted by molar-refractivity contribution is -0.138. The van der Waals surface area contributed by atoms with Gasteiger partial charge in [-0.05, 0) is 24.6 Å². The number of rotatable bonds is 2. The molecule has 0 bridgehead atoms. The van der Waals surface area contributed by atoms with Gasteiger partial charge in [-0.15, -0.1) is 0 Å². The summed E-state index contributed by atoms with van der Waals surface area (Å²) in [7, 11) is 0. The third kappa shape index (κ3) is 3.29. The lowest BCUT2D eigenvalue weighted by atomic mass is 10.1. The fourth-order valence-electron chi connectivity index (χ4n) is 2.03. The highest BCUT2D eigenvalue weighted by Gasteiger charge is 2.33. The van der Waals surface area contributed by atoms with Gasteiger partial charge in [0.25, 0.3) is 0 Å². The zero-order valence-corrected chi connectivity index (χ0v) is 10.9. The monoisotopic (exact) mass is 288 g/mol. The summed E-state index contributed by atoms with van der Waals surface area (Å²) in [5.74, 6) is -0.396. The normalized spacial score (nSPS) is 19.7. The van der Waals surface area contributed by atoms with Crippen LogP contribution in [0.3, 0.4) is 0 Å². The Morgan fingerprint density at radius 3 is 2.80 bits per heavy atom. The first-order valence-electron chi connectivity index (χ1n) is 6.18. The molecule has 4 nitrogen and oxygen atoms in total. The Morgan fingerprint density at radius 2 is 2.20 bits per heavy atom. The van der Waals surface area contributed by atoms with Crippen LogP contribution in [0.4, 0.5) is 18.9 Å². The molecule has 1 aliphatic rings. The number of anilines is 1. The van der Waals surface area contributed by atoms with Gasteiger partial charge in [-0.1, -0.05) is 6.07 Å². The molecule has 1 amide bonds. The van der Waals surface area contributed by atoms with Gasteiger partial charge in [-0.2, -0.15) is 13.2 Å². The molecule has 1 aliphatic heterocycles. The van der Waals surface area contributed by atoms with E-state index < -0.39 is 23.7 Å². The number of carbonyl (C=O) groups excluding carboxylic acids is 1. The van der Waals surface area contributed by atoms with Crippen molar-refractivity contribution in [3.63, 3.8) is 0 Å². The van der Waals surface area contributed by atoms with Crippen LogP contribution < -0.4 is 10.6 Å². The van der Waals surface area contributed by atoms with Gasteiger partial charge in [0.05, 0.1) is 18.8 Å². The molecule has 1 aromatic rings. The molecule has 20 heavy (non-hydrogen) atoms. The number of hydrogen-bond donors (Lipinski definition) is 2. The van der Waals surface area contributed by atoms with E-state index in [4.69, 9.17) is 4.74 Å². The molecular weight excluding hydrogens is 273 g/mol. The van der Waals surface area contributed by atoms with Crippen LogP contribution in [0.25, 0.3) is 0 Å². The van der Waals surface area contributed by atoms with Gasteiger partial charge in [0, 0.05) is 12.2 Å². The first kappa shape index (κ1) is 14.8. The average molecular weight is 288 g/mol. The number of alkyl halides is 3. The quantitative estimate of drug-likeness (QED) is 0.874. The standard InChI is InChI=1S/C13H15F3N2O2/c1-8-9(13(14,15)16)3-2-4-10(8)18-12(19)11-7-20-6-5-17-11/h2-4,11,17H,5-7H2,1H3,(H,18,19). The number of amides is 1. The molecule has 1 heterocycles. The molecule has 0 spiro atoms. The molecule has 0 saturated carbocycles. The minimum Gasteiger partial charge on any atom is -0.378 e. The van der Waals surface area contributed by atoms with Gasteiger partial charge >= 0.3 is 6.18 Å². The van der Waals surface area contributed by atoms with E-state index in [-0.39, 0.29) is 17.9 Å². The molecule has 0 aliphatic carbocycles. The topological polar surface area (TPSA) is 50.4 Å². The second kappa shape index (κ2) is 5.80. The summed E-state index contributed by atoms with van der Waals surface area (Å²) in [6, 6.07) is 3.17. The first-order valence-corrected chi connectivity index (χ1v) is 6.18. The number of benzene rings is 1. The molecule has 1 unspecified atom stereocenters. The van der Waals surface area contributed by atoms with Gasteiger partial charge in [0.1, 0.15) is 6.04 Å². The van der Waals surface area contributed by atoms with Crippen molar-refractivity contribution in [1.82, 2.24) is 5.32 Å². The van der Waals surface area contributed by atoms with Gasteiger partial charge in [0.2, 0.25) is 5.91 Å². The Balaban J connectivity index is 2.15. The third-order valence-corrected chi connectivity index (χ3v) is 3.14.